The van der Waals surface area contributed by atoms with E-state index < -0.39 is 5.92 Å². The molecule has 0 N–H and O–H groups in total. The van der Waals surface area contributed by atoms with Gasteiger partial charge in [0.25, 0.3) is 0 Å². The van der Waals surface area contributed by atoms with Gasteiger partial charge >= 0.3 is 0 Å². The van der Waals surface area contributed by atoms with E-state index in [9.17, 15) is 9.59 Å². The SMILES string of the molecule is C\C=C/C(C)=C\C=C\C(=O)CC(C(=O)c1ccccc1)c1ccc(C#N)cc1. The van der Waals surface area contributed by atoms with Crippen LogP contribution in [0, 0.1) is 11.3 Å². The van der Waals surface area contributed by atoms with Crippen molar-refractivity contribution in [1.82, 2.24) is 0 Å². The normalized spacial score (nSPS) is 12.8. The lowest BCUT2D eigenvalue weighted by Crippen LogP contribution is -2.16. The summed E-state index contributed by atoms with van der Waals surface area (Å²) in [7, 11) is 0. The lowest BCUT2D eigenvalue weighted by Gasteiger charge is -2.15. The van der Waals surface area contributed by atoms with E-state index in [1.807, 2.05) is 38.1 Å². The van der Waals surface area contributed by atoms with Crippen molar-refractivity contribution in [1.29, 1.82) is 5.26 Å². The summed E-state index contributed by atoms with van der Waals surface area (Å²) < 4.78 is 0. The molecule has 0 aliphatic rings. The molecule has 1 unspecified atom stereocenters. The molecule has 0 bridgehead atoms. The predicted molar refractivity (Wildman–Crippen MR) is 112 cm³/mol. The van der Waals surface area contributed by atoms with E-state index in [-0.39, 0.29) is 18.0 Å². The fourth-order valence-corrected chi connectivity index (χ4v) is 2.85. The number of rotatable bonds is 8. The Labute approximate surface area is 166 Å². The number of hydrogen-bond acceptors (Lipinski definition) is 3. The fourth-order valence-electron chi connectivity index (χ4n) is 2.85. The Bertz CT molecular complexity index is 942. The van der Waals surface area contributed by atoms with Gasteiger partial charge in [-0.1, -0.05) is 72.3 Å². The highest BCUT2D eigenvalue weighted by atomic mass is 16.1. The molecule has 140 valence electrons. The van der Waals surface area contributed by atoms with Crippen molar-refractivity contribution in [2.45, 2.75) is 26.2 Å². The molecular weight excluding hydrogens is 346 g/mol. The number of nitrogens with zero attached hydrogens (tertiary/aromatic N) is 1. The van der Waals surface area contributed by atoms with E-state index in [1.54, 1.807) is 54.6 Å². The van der Waals surface area contributed by atoms with Crippen LogP contribution < -0.4 is 0 Å². The van der Waals surface area contributed by atoms with Crippen molar-refractivity contribution < 1.29 is 9.59 Å². The number of ketones is 2. The molecular formula is C25H23NO2. The highest BCUT2D eigenvalue weighted by Gasteiger charge is 2.24. The number of carbonyl (C=O) groups is 2. The molecule has 0 aromatic heterocycles. The second-order valence-electron chi connectivity index (χ2n) is 6.46. The average molecular weight is 369 g/mol. The first-order valence-corrected chi connectivity index (χ1v) is 9.15. The van der Waals surface area contributed by atoms with Crippen LogP contribution >= 0.6 is 0 Å². The second-order valence-corrected chi connectivity index (χ2v) is 6.46. The summed E-state index contributed by atoms with van der Waals surface area (Å²) in [6, 6.07) is 17.9. The van der Waals surface area contributed by atoms with Crippen LogP contribution in [0.4, 0.5) is 0 Å². The molecule has 0 amide bonds. The maximum atomic E-state index is 13.0. The molecule has 0 spiro atoms. The van der Waals surface area contributed by atoms with Gasteiger partial charge in [0.05, 0.1) is 17.6 Å². The molecule has 0 radical (unpaired) electrons. The van der Waals surface area contributed by atoms with Gasteiger partial charge in [0.15, 0.2) is 11.6 Å². The molecule has 3 heteroatoms. The molecule has 2 rings (SSSR count). The van der Waals surface area contributed by atoms with E-state index in [0.717, 1.165) is 11.1 Å². The van der Waals surface area contributed by atoms with Crippen molar-refractivity contribution in [2.75, 3.05) is 0 Å². The predicted octanol–water partition coefficient (Wildman–Crippen LogP) is 5.56. The summed E-state index contributed by atoms with van der Waals surface area (Å²) >= 11 is 0. The van der Waals surface area contributed by atoms with Gasteiger partial charge in [-0.3, -0.25) is 9.59 Å². The Balaban J connectivity index is 2.26. The molecule has 2 aromatic carbocycles. The smallest absolute Gasteiger partial charge is 0.170 e. The zero-order valence-electron chi connectivity index (χ0n) is 16.1. The molecule has 2 aromatic rings. The molecule has 28 heavy (non-hydrogen) atoms. The van der Waals surface area contributed by atoms with Gasteiger partial charge < -0.3 is 0 Å². The van der Waals surface area contributed by atoms with E-state index in [1.165, 1.54) is 6.08 Å². The molecule has 0 heterocycles. The highest BCUT2D eigenvalue weighted by molar-refractivity contribution is 6.04. The average Bonchev–Trinajstić information content (AvgIpc) is 2.72. The summed E-state index contributed by atoms with van der Waals surface area (Å²) in [5.74, 6) is -0.816. The lowest BCUT2D eigenvalue weighted by atomic mass is 9.86. The zero-order chi connectivity index (χ0) is 20.4. The number of nitriles is 1. The number of benzene rings is 2. The van der Waals surface area contributed by atoms with Crippen LogP contribution in [0.15, 0.2) is 90.6 Å². The van der Waals surface area contributed by atoms with Crippen LogP contribution in [0.1, 0.15) is 47.7 Å². The molecule has 0 saturated heterocycles. The van der Waals surface area contributed by atoms with Crippen LogP contribution in [0.2, 0.25) is 0 Å². The van der Waals surface area contributed by atoms with Gasteiger partial charge in [-0.05, 0) is 37.6 Å². The minimum absolute atomic E-state index is 0.0760. The molecule has 3 nitrogen and oxygen atoms in total. The van der Waals surface area contributed by atoms with Crippen molar-refractivity contribution in [3.63, 3.8) is 0 Å². The number of Topliss-reactive ketones (excluding diaryl/α,β-unsaturated/α-hetero) is 1. The standard InChI is InChI=1S/C25H23NO2/c1-3-8-19(2)9-7-12-23(27)17-24(21-15-13-20(18-26)14-16-21)25(28)22-10-5-4-6-11-22/h3-16,24H,17H2,1-2H3/b8-3-,12-7+,19-9-. The third kappa shape index (κ3) is 6.03. The summed E-state index contributed by atoms with van der Waals surface area (Å²) in [5.41, 5.74) is 2.86. The molecule has 1 atom stereocenters. The van der Waals surface area contributed by atoms with Crippen molar-refractivity contribution >= 4 is 11.6 Å². The summed E-state index contributed by atoms with van der Waals surface area (Å²) in [6.07, 6.45) is 9.02. The Morgan fingerprint density at radius 2 is 1.71 bits per heavy atom. The quantitative estimate of drug-likeness (QED) is 0.347. The summed E-state index contributed by atoms with van der Waals surface area (Å²) in [6.45, 7) is 3.89. The van der Waals surface area contributed by atoms with E-state index in [4.69, 9.17) is 5.26 Å². The minimum atomic E-state index is -0.590. The Morgan fingerprint density at radius 1 is 1.04 bits per heavy atom. The van der Waals surface area contributed by atoms with Gasteiger partial charge in [-0.25, -0.2) is 0 Å². The van der Waals surface area contributed by atoms with Crippen LogP contribution in [0.5, 0.6) is 0 Å². The first-order valence-electron chi connectivity index (χ1n) is 9.15. The molecule has 0 fully saturated rings. The van der Waals surface area contributed by atoms with E-state index >= 15 is 0 Å². The van der Waals surface area contributed by atoms with E-state index in [0.29, 0.717) is 11.1 Å². The maximum Gasteiger partial charge on any atom is 0.170 e. The second kappa shape index (κ2) is 10.6. The van der Waals surface area contributed by atoms with Crippen molar-refractivity contribution in [3.8, 4) is 6.07 Å². The Hall–Kier alpha value is -3.51. The topological polar surface area (TPSA) is 57.9 Å². The lowest BCUT2D eigenvalue weighted by molar-refractivity contribution is -0.114. The van der Waals surface area contributed by atoms with Crippen LogP contribution in [0.3, 0.4) is 0 Å². The number of allylic oxidation sites excluding steroid dienone is 6. The molecule has 0 aliphatic heterocycles. The van der Waals surface area contributed by atoms with Gasteiger partial charge in [0, 0.05) is 12.0 Å². The largest absolute Gasteiger partial charge is 0.295 e. The zero-order valence-corrected chi connectivity index (χ0v) is 16.1. The number of carbonyl (C=O) groups excluding carboxylic acids is 2. The van der Waals surface area contributed by atoms with Crippen LogP contribution in [0.25, 0.3) is 0 Å². The third-order valence-electron chi connectivity index (χ3n) is 4.29. The number of hydrogen-bond donors (Lipinski definition) is 0. The van der Waals surface area contributed by atoms with Gasteiger partial charge in [0.1, 0.15) is 0 Å². The van der Waals surface area contributed by atoms with E-state index in [2.05, 4.69) is 6.07 Å². The summed E-state index contributed by atoms with van der Waals surface area (Å²) in [5, 5.41) is 8.99. The van der Waals surface area contributed by atoms with Gasteiger partial charge in [-0.2, -0.15) is 5.26 Å². The Morgan fingerprint density at radius 3 is 2.32 bits per heavy atom. The fraction of sp³-hybridized carbons (Fsp3) is 0.160. The highest BCUT2D eigenvalue weighted by Crippen LogP contribution is 2.25. The Kier molecular flexibility index (Phi) is 7.87. The van der Waals surface area contributed by atoms with Gasteiger partial charge in [-0.15, -0.1) is 0 Å². The minimum Gasteiger partial charge on any atom is -0.295 e. The molecule has 0 saturated carbocycles. The monoisotopic (exact) mass is 369 g/mol. The van der Waals surface area contributed by atoms with Crippen LogP contribution in [-0.4, -0.2) is 11.6 Å². The summed E-state index contributed by atoms with van der Waals surface area (Å²) in [4.78, 5) is 25.5. The first kappa shape index (κ1) is 20.8. The third-order valence-corrected chi connectivity index (χ3v) is 4.29. The van der Waals surface area contributed by atoms with Gasteiger partial charge in [0.2, 0.25) is 0 Å². The van der Waals surface area contributed by atoms with Crippen LogP contribution in [-0.2, 0) is 4.79 Å². The maximum absolute atomic E-state index is 13.0. The molecule has 0 aliphatic carbocycles. The first-order chi connectivity index (χ1) is 13.5. The van der Waals surface area contributed by atoms with Crippen molar-refractivity contribution in [2.24, 2.45) is 0 Å². The van der Waals surface area contributed by atoms with Crippen molar-refractivity contribution in [3.05, 3.63) is 107 Å².